The van der Waals surface area contributed by atoms with Crippen LogP contribution in [0.15, 0.2) is 18.2 Å². The Morgan fingerprint density at radius 2 is 2.10 bits per heavy atom. The molecule has 1 aromatic rings. The van der Waals surface area contributed by atoms with Crippen molar-refractivity contribution in [3.63, 3.8) is 0 Å². The number of rotatable bonds is 3. The first-order valence-corrected chi connectivity index (χ1v) is 7.40. The zero-order chi connectivity index (χ0) is 14.5. The molecule has 1 saturated heterocycles. The number of benzene rings is 1. The number of nitrogens with one attached hydrogen (secondary N) is 2. The number of hydrogen-bond donors (Lipinski definition) is 2. The zero-order valence-electron chi connectivity index (χ0n) is 12.1. The van der Waals surface area contributed by atoms with E-state index in [1.54, 1.807) is 0 Å². The predicted octanol–water partition coefficient (Wildman–Crippen LogP) is 2.54. The molecule has 1 heterocycles. The van der Waals surface area contributed by atoms with E-state index < -0.39 is 0 Å². The fourth-order valence-corrected chi connectivity index (χ4v) is 2.52. The van der Waals surface area contributed by atoms with E-state index in [9.17, 15) is 4.79 Å². The van der Waals surface area contributed by atoms with Gasteiger partial charge in [0.1, 0.15) is 0 Å². The molecule has 2 amide bonds. The van der Waals surface area contributed by atoms with E-state index in [4.69, 9.17) is 11.6 Å². The molecule has 0 atom stereocenters. The Morgan fingerprint density at radius 3 is 2.75 bits per heavy atom. The molecule has 0 aromatic heterocycles. The summed E-state index contributed by atoms with van der Waals surface area (Å²) in [6.07, 6.45) is 2.03. The van der Waals surface area contributed by atoms with Crippen molar-refractivity contribution in [2.75, 3.05) is 20.1 Å². The minimum absolute atomic E-state index is 0.101. The van der Waals surface area contributed by atoms with Crippen LogP contribution in [-0.4, -0.2) is 37.1 Å². The first-order chi connectivity index (χ1) is 9.54. The highest BCUT2D eigenvalue weighted by molar-refractivity contribution is 6.31. The van der Waals surface area contributed by atoms with E-state index in [1.807, 2.05) is 25.1 Å². The van der Waals surface area contributed by atoms with Gasteiger partial charge in [-0.05, 0) is 57.1 Å². The van der Waals surface area contributed by atoms with Gasteiger partial charge in [0.15, 0.2) is 0 Å². The summed E-state index contributed by atoms with van der Waals surface area (Å²) < 4.78 is 0. The summed E-state index contributed by atoms with van der Waals surface area (Å²) in [5, 5.41) is 6.64. The van der Waals surface area contributed by atoms with Gasteiger partial charge in [-0.2, -0.15) is 0 Å². The van der Waals surface area contributed by atoms with Crippen molar-refractivity contribution in [3.8, 4) is 0 Å². The van der Waals surface area contributed by atoms with Gasteiger partial charge in [-0.3, -0.25) is 0 Å². The van der Waals surface area contributed by atoms with Crippen LogP contribution in [0.3, 0.4) is 0 Å². The molecule has 1 aliphatic heterocycles. The standard InChI is InChI=1S/C15H22ClN3O/c1-11-3-4-12(9-14(11)16)10-17-15(20)18-13-5-7-19(2)8-6-13/h3-4,9,13H,5-8,10H2,1-2H3,(H2,17,18,20). The number of carbonyl (C=O) groups excluding carboxylic acids is 1. The third kappa shape index (κ3) is 4.39. The van der Waals surface area contributed by atoms with E-state index in [2.05, 4.69) is 22.6 Å². The maximum atomic E-state index is 11.8. The van der Waals surface area contributed by atoms with Crippen molar-refractivity contribution >= 4 is 17.6 Å². The Balaban J connectivity index is 1.76. The van der Waals surface area contributed by atoms with Crippen molar-refractivity contribution in [1.29, 1.82) is 0 Å². The highest BCUT2D eigenvalue weighted by atomic mass is 35.5. The van der Waals surface area contributed by atoms with Gasteiger partial charge in [-0.1, -0.05) is 23.7 Å². The Kier molecular flexibility index (Phi) is 5.26. The maximum absolute atomic E-state index is 11.8. The number of piperidine rings is 1. The summed E-state index contributed by atoms with van der Waals surface area (Å²) in [4.78, 5) is 14.1. The SMILES string of the molecule is Cc1ccc(CNC(=O)NC2CCN(C)CC2)cc1Cl. The molecule has 0 saturated carbocycles. The number of likely N-dealkylation sites (tertiary alicyclic amines) is 1. The average molecular weight is 296 g/mol. The number of amides is 2. The van der Waals surface area contributed by atoms with E-state index in [0.717, 1.165) is 42.1 Å². The summed E-state index contributed by atoms with van der Waals surface area (Å²) in [5.74, 6) is 0. The smallest absolute Gasteiger partial charge is 0.315 e. The lowest BCUT2D eigenvalue weighted by atomic mass is 10.1. The number of nitrogens with zero attached hydrogens (tertiary/aromatic N) is 1. The van der Waals surface area contributed by atoms with Crippen LogP contribution >= 0.6 is 11.6 Å². The summed E-state index contributed by atoms with van der Waals surface area (Å²) in [6.45, 7) is 4.54. The van der Waals surface area contributed by atoms with Gasteiger partial charge in [0.05, 0.1) is 0 Å². The number of halogens is 1. The summed E-state index contributed by atoms with van der Waals surface area (Å²) in [5.41, 5.74) is 2.06. The van der Waals surface area contributed by atoms with Gasteiger partial charge in [0.2, 0.25) is 0 Å². The third-order valence-electron chi connectivity index (χ3n) is 3.74. The largest absolute Gasteiger partial charge is 0.335 e. The van der Waals surface area contributed by atoms with E-state index in [0.29, 0.717) is 6.54 Å². The van der Waals surface area contributed by atoms with Gasteiger partial charge in [-0.25, -0.2) is 4.79 Å². The fourth-order valence-electron chi connectivity index (χ4n) is 2.32. The molecule has 0 aliphatic carbocycles. The molecule has 0 unspecified atom stereocenters. The Bertz CT molecular complexity index is 470. The van der Waals surface area contributed by atoms with Gasteiger partial charge in [-0.15, -0.1) is 0 Å². The quantitative estimate of drug-likeness (QED) is 0.900. The highest BCUT2D eigenvalue weighted by Crippen LogP contribution is 2.16. The lowest BCUT2D eigenvalue weighted by molar-refractivity contribution is 0.213. The third-order valence-corrected chi connectivity index (χ3v) is 4.15. The summed E-state index contributed by atoms with van der Waals surface area (Å²) >= 11 is 6.07. The number of hydrogen-bond acceptors (Lipinski definition) is 2. The Hall–Kier alpha value is -1.26. The second-order valence-corrected chi connectivity index (χ2v) is 5.90. The average Bonchev–Trinajstić information content (AvgIpc) is 2.43. The van der Waals surface area contributed by atoms with Crippen LogP contribution in [0.5, 0.6) is 0 Å². The first kappa shape index (κ1) is 15.1. The second kappa shape index (κ2) is 6.95. The van der Waals surface area contributed by atoms with E-state index in [1.165, 1.54) is 0 Å². The van der Waals surface area contributed by atoms with E-state index in [-0.39, 0.29) is 12.1 Å². The molecule has 5 heteroatoms. The van der Waals surface area contributed by atoms with Gasteiger partial charge < -0.3 is 15.5 Å². The topological polar surface area (TPSA) is 44.4 Å². The molecule has 1 fully saturated rings. The molecule has 0 spiro atoms. The molecule has 2 N–H and O–H groups in total. The first-order valence-electron chi connectivity index (χ1n) is 7.02. The minimum Gasteiger partial charge on any atom is -0.335 e. The number of aryl methyl sites for hydroxylation is 1. The molecule has 4 nitrogen and oxygen atoms in total. The zero-order valence-corrected chi connectivity index (χ0v) is 12.8. The van der Waals surface area contributed by atoms with Crippen LogP contribution in [0.1, 0.15) is 24.0 Å². The molecule has 0 radical (unpaired) electrons. The normalized spacial score (nSPS) is 16.9. The van der Waals surface area contributed by atoms with E-state index >= 15 is 0 Å². The lowest BCUT2D eigenvalue weighted by Crippen LogP contribution is -2.46. The molecule has 20 heavy (non-hydrogen) atoms. The second-order valence-electron chi connectivity index (χ2n) is 5.49. The molecule has 0 bridgehead atoms. The van der Waals surface area contributed by atoms with Crippen LogP contribution < -0.4 is 10.6 Å². The van der Waals surface area contributed by atoms with Gasteiger partial charge in [0, 0.05) is 17.6 Å². The number of carbonyl (C=O) groups is 1. The Labute approximate surface area is 125 Å². The maximum Gasteiger partial charge on any atom is 0.315 e. The number of urea groups is 1. The monoisotopic (exact) mass is 295 g/mol. The summed E-state index contributed by atoms with van der Waals surface area (Å²) in [7, 11) is 2.11. The fraction of sp³-hybridized carbons (Fsp3) is 0.533. The van der Waals surface area contributed by atoms with Crippen molar-refractivity contribution in [2.45, 2.75) is 32.4 Å². The van der Waals surface area contributed by atoms with Crippen LogP contribution in [0.4, 0.5) is 4.79 Å². The minimum atomic E-state index is -0.101. The molecular weight excluding hydrogens is 274 g/mol. The lowest BCUT2D eigenvalue weighted by Gasteiger charge is -2.29. The molecule has 1 aliphatic rings. The molecule has 2 rings (SSSR count). The van der Waals surface area contributed by atoms with Crippen LogP contribution in [0.2, 0.25) is 5.02 Å². The molecule has 1 aromatic carbocycles. The van der Waals surface area contributed by atoms with Crippen LogP contribution in [-0.2, 0) is 6.54 Å². The molecule has 110 valence electrons. The highest BCUT2D eigenvalue weighted by Gasteiger charge is 2.18. The van der Waals surface area contributed by atoms with Crippen LogP contribution in [0, 0.1) is 6.92 Å². The van der Waals surface area contributed by atoms with Gasteiger partial charge in [0.25, 0.3) is 0 Å². The van der Waals surface area contributed by atoms with Gasteiger partial charge >= 0.3 is 6.03 Å². The van der Waals surface area contributed by atoms with Crippen molar-refractivity contribution < 1.29 is 4.79 Å². The van der Waals surface area contributed by atoms with Crippen molar-refractivity contribution in [2.24, 2.45) is 0 Å². The Morgan fingerprint density at radius 1 is 1.40 bits per heavy atom. The van der Waals surface area contributed by atoms with Crippen molar-refractivity contribution in [1.82, 2.24) is 15.5 Å². The molecular formula is C15H22ClN3O. The predicted molar refractivity (Wildman–Crippen MR) is 82.1 cm³/mol. The van der Waals surface area contributed by atoms with Crippen molar-refractivity contribution in [3.05, 3.63) is 34.3 Å². The summed E-state index contributed by atoms with van der Waals surface area (Å²) in [6, 6.07) is 6.03. The van der Waals surface area contributed by atoms with Crippen LogP contribution in [0.25, 0.3) is 0 Å².